The van der Waals surface area contributed by atoms with Crippen molar-refractivity contribution >= 4 is 7.69 Å². The lowest BCUT2D eigenvalue weighted by molar-refractivity contribution is 0.449. The number of rotatable bonds is 2. The van der Waals surface area contributed by atoms with Crippen LogP contribution in [-0.2, 0) is 0 Å². The second-order valence-electron chi connectivity index (χ2n) is 1.72. The Bertz CT molecular complexity index is 197. The first-order valence-electron chi connectivity index (χ1n) is 2.74. The predicted molar refractivity (Wildman–Crippen MR) is 36.7 cm³/mol. The first-order chi connectivity index (χ1) is 4.83. The van der Waals surface area contributed by atoms with Gasteiger partial charge in [0.2, 0.25) is 0 Å². The molecule has 0 heterocycles. The van der Waals surface area contributed by atoms with Crippen molar-refractivity contribution in [2.24, 2.45) is 0 Å². The third-order valence-corrected chi connectivity index (χ3v) is 1.03. The van der Waals surface area contributed by atoms with E-state index in [1.165, 1.54) is 12.1 Å². The topological polar surface area (TPSA) is 49.7 Å². The molecule has 3 nitrogen and oxygen atoms in total. The maximum absolute atomic E-state index is 8.80. The van der Waals surface area contributed by atoms with Gasteiger partial charge in [0.1, 0.15) is 11.5 Å². The molecular formula is C6H6BO3. The highest BCUT2D eigenvalue weighted by Crippen LogP contribution is 2.14. The first-order valence-corrected chi connectivity index (χ1v) is 2.74. The summed E-state index contributed by atoms with van der Waals surface area (Å²) in [6, 6.07) is 6.03. The SMILES string of the molecule is O[B]Oc1ccc(O)cc1. The highest BCUT2D eigenvalue weighted by molar-refractivity contribution is 6.17. The smallest absolute Gasteiger partial charge is 0.537 e. The molecule has 51 valence electrons. The number of aromatic hydroxyl groups is 1. The molecule has 0 saturated carbocycles. The average Bonchev–Trinajstić information content (AvgIpc) is 1.95. The molecule has 0 saturated heterocycles. The molecule has 0 fully saturated rings. The molecule has 0 spiro atoms. The van der Waals surface area contributed by atoms with Gasteiger partial charge >= 0.3 is 7.69 Å². The molecule has 0 aliphatic heterocycles. The number of hydrogen-bond donors (Lipinski definition) is 2. The summed E-state index contributed by atoms with van der Waals surface area (Å²) in [6.07, 6.45) is 0. The molecule has 0 aliphatic rings. The molecule has 10 heavy (non-hydrogen) atoms. The number of benzene rings is 1. The highest BCUT2D eigenvalue weighted by atomic mass is 16.5. The molecule has 1 aromatic carbocycles. The van der Waals surface area contributed by atoms with Crippen molar-refractivity contribution in [1.82, 2.24) is 0 Å². The fraction of sp³-hybridized carbons (Fsp3) is 0. The van der Waals surface area contributed by atoms with E-state index in [1.807, 2.05) is 0 Å². The molecule has 0 bridgehead atoms. The van der Waals surface area contributed by atoms with E-state index in [0.29, 0.717) is 13.4 Å². The van der Waals surface area contributed by atoms with Crippen molar-refractivity contribution in [2.45, 2.75) is 0 Å². The van der Waals surface area contributed by atoms with Gasteiger partial charge in [-0.1, -0.05) is 0 Å². The van der Waals surface area contributed by atoms with Crippen molar-refractivity contribution in [3.05, 3.63) is 24.3 Å². The molecule has 1 rings (SSSR count). The Morgan fingerprint density at radius 2 is 1.80 bits per heavy atom. The Hall–Kier alpha value is -1.16. The van der Waals surface area contributed by atoms with Crippen LogP contribution in [0.2, 0.25) is 0 Å². The van der Waals surface area contributed by atoms with Crippen LogP contribution in [0.3, 0.4) is 0 Å². The Kier molecular flexibility index (Phi) is 2.17. The number of hydrogen-bond acceptors (Lipinski definition) is 3. The first kappa shape index (κ1) is 6.96. The van der Waals surface area contributed by atoms with Crippen LogP contribution < -0.4 is 4.65 Å². The zero-order valence-corrected chi connectivity index (χ0v) is 5.19. The van der Waals surface area contributed by atoms with Crippen molar-refractivity contribution in [3.8, 4) is 11.5 Å². The van der Waals surface area contributed by atoms with Gasteiger partial charge in [-0.3, -0.25) is 0 Å². The second-order valence-corrected chi connectivity index (χ2v) is 1.72. The van der Waals surface area contributed by atoms with Gasteiger partial charge in [0.25, 0.3) is 0 Å². The van der Waals surface area contributed by atoms with Crippen LogP contribution in [-0.4, -0.2) is 17.8 Å². The van der Waals surface area contributed by atoms with Gasteiger partial charge in [-0.25, -0.2) is 0 Å². The molecular weight excluding hydrogens is 131 g/mol. The molecule has 0 aliphatic carbocycles. The lowest BCUT2D eigenvalue weighted by Gasteiger charge is -1.98. The molecule has 0 aromatic heterocycles. The van der Waals surface area contributed by atoms with Crippen molar-refractivity contribution in [3.63, 3.8) is 0 Å². The van der Waals surface area contributed by atoms with E-state index in [-0.39, 0.29) is 5.75 Å². The van der Waals surface area contributed by atoms with E-state index >= 15 is 0 Å². The maximum Gasteiger partial charge on any atom is 0.569 e. The van der Waals surface area contributed by atoms with Gasteiger partial charge in [-0.15, -0.1) is 0 Å². The van der Waals surface area contributed by atoms with Crippen LogP contribution in [0.25, 0.3) is 0 Å². The van der Waals surface area contributed by atoms with Crippen LogP contribution >= 0.6 is 0 Å². The fourth-order valence-electron chi connectivity index (χ4n) is 0.586. The zero-order chi connectivity index (χ0) is 7.40. The van der Waals surface area contributed by atoms with Crippen molar-refractivity contribution in [2.75, 3.05) is 0 Å². The third kappa shape index (κ3) is 1.67. The summed E-state index contributed by atoms with van der Waals surface area (Å²) < 4.78 is 4.58. The van der Waals surface area contributed by atoms with Crippen LogP contribution in [0.15, 0.2) is 24.3 Å². The average molecular weight is 137 g/mol. The summed E-state index contributed by atoms with van der Waals surface area (Å²) in [4.78, 5) is 0. The van der Waals surface area contributed by atoms with Crippen molar-refractivity contribution in [1.29, 1.82) is 0 Å². The summed E-state index contributed by atoms with van der Waals surface area (Å²) in [7, 11) is 0.590. The normalized spacial score (nSPS) is 8.90. The van der Waals surface area contributed by atoms with E-state index < -0.39 is 0 Å². The van der Waals surface area contributed by atoms with Crippen LogP contribution in [0, 0.1) is 0 Å². The summed E-state index contributed by atoms with van der Waals surface area (Å²) in [5.41, 5.74) is 0. The molecule has 4 heteroatoms. The monoisotopic (exact) mass is 137 g/mol. The Morgan fingerprint density at radius 1 is 1.20 bits per heavy atom. The van der Waals surface area contributed by atoms with Crippen LogP contribution in [0.5, 0.6) is 11.5 Å². The number of phenols is 1. The fourth-order valence-corrected chi connectivity index (χ4v) is 0.586. The van der Waals surface area contributed by atoms with Crippen LogP contribution in [0.1, 0.15) is 0 Å². The minimum absolute atomic E-state index is 0.172. The van der Waals surface area contributed by atoms with Crippen molar-refractivity contribution < 1.29 is 14.8 Å². The zero-order valence-electron chi connectivity index (χ0n) is 5.19. The van der Waals surface area contributed by atoms with Gasteiger partial charge in [-0.2, -0.15) is 0 Å². The van der Waals surface area contributed by atoms with E-state index in [2.05, 4.69) is 4.65 Å². The molecule has 2 N–H and O–H groups in total. The largest absolute Gasteiger partial charge is 0.569 e. The molecule has 0 atom stereocenters. The van der Waals surface area contributed by atoms with Gasteiger partial charge in [0.05, 0.1) is 0 Å². The summed E-state index contributed by atoms with van der Waals surface area (Å²) in [6.45, 7) is 0. The Balaban J connectivity index is 2.69. The lowest BCUT2D eigenvalue weighted by Crippen LogP contribution is -1.98. The van der Waals surface area contributed by atoms with E-state index in [4.69, 9.17) is 10.1 Å². The molecule has 1 aromatic rings. The lowest BCUT2D eigenvalue weighted by atomic mass is 10.3. The minimum atomic E-state index is 0.172. The Labute approximate surface area is 59.2 Å². The molecule has 1 radical (unpaired) electrons. The van der Waals surface area contributed by atoms with Gasteiger partial charge in [0, 0.05) is 0 Å². The molecule has 0 amide bonds. The maximum atomic E-state index is 8.80. The Morgan fingerprint density at radius 3 is 2.30 bits per heavy atom. The molecule has 0 unspecified atom stereocenters. The number of phenolic OH excluding ortho intramolecular Hbond substituents is 1. The summed E-state index contributed by atoms with van der Waals surface area (Å²) >= 11 is 0. The predicted octanol–water partition coefficient (Wildman–Crippen LogP) is 0.298. The minimum Gasteiger partial charge on any atom is -0.537 e. The van der Waals surface area contributed by atoms with Crippen LogP contribution in [0.4, 0.5) is 0 Å². The summed E-state index contributed by atoms with van der Waals surface area (Å²) in [5, 5.41) is 17.0. The third-order valence-electron chi connectivity index (χ3n) is 1.03. The summed E-state index contributed by atoms with van der Waals surface area (Å²) in [5.74, 6) is 0.658. The second kappa shape index (κ2) is 3.13. The van der Waals surface area contributed by atoms with Gasteiger partial charge < -0.3 is 14.8 Å². The highest BCUT2D eigenvalue weighted by Gasteiger charge is 1.92. The van der Waals surface area contributed by atoms with Gasteiger partial charge in [-0.05, 0) is 24.3 Å². The van der Waals surface area contributed by atoms with Gasteiger partial charge in [0.15, 0.2) is 0 Å². The van der Waals surface area contributed by atoms with E-state index in [0.717, 1.165) is 0 Å². The standard InChI is InChI=1S/C6H6BO3/c8-5-1-3-6(4-2-5)10-7-9/h1-4,8-9H. The quantitative estimate of drug-likeness (QED) is 0.576. The van der Waals surface area contributed by atoms with E-state index in [9.17, 15) is 0 Å². The van der Waals surface area contributed by atoms with E-state index in [1.54, 1.807) is 12.1 Å².